The second-order valence-corrected chi connectivity index (χ2v) is 9.33. The third-order valence-corrected chi connectivity index (χ3v) is 6.30. The number of nitrogens with two attached hydrogens (primary N) is 3. The number of carboxylic acid groups (broad SMARTS) is 1. The molecule has 3 rings (SSSR count). The third kappa shape index (κ3) is 9.55. The van der Waals surface area contributed by atoms with Gasteiger partial charge in [0, 0.05) is 12.5 Å². The van der Waals surface area contributed by atoms with Gasteiger partial charge in [0.2, 0.25) is 0 Å². The first kappa shape index (κ1) is 29.9. The van der Waals surface area contributed by atoms with E-state index in [2.05, 4.69) is 10.3 Å². The molecule has 0 aromatic heterocycles. The van der Waals surface area contributed by atoms with Crippen LogP contribution in [0.4, 0.5) is 0 Å². The molecule has 3 aromatic carbocycles. The fraction of sp³-hybridized carbons (Fsp3) is 0.267. The van der Waals surface area contributed by atoms with Gasteiger partial charge in [-0.15, -0.1) is 0 Å². The highest BCUT2D eigenvalue weighted by atomic mass is 16.5. The number of carbonyl (C=O) groups excluding carboxylic acids is 2. The Labute approximate surface area is 233 Å². The summed E-state index contributed by atoms with van der Waals surface area (Å²) in [5.74, 6) is -2.04. The molecule has 40 heavy (non-hydrogen) atoms. The second-order valence-electron chi connectivity index (χ2n) is 9.33. The predicted octanol–water partition coefficient (Wildman–Crippen LogP) is 1.96. The van der Waals surface area contributed by atoms with Crippen LogP contribution in [0.25, 0.3) is 0 Å². The topological polar surface area (TPSA) is 183 Å². The minimum absolute atomic E-state index is 0.0359. The molecule has 0 saturated heterocycles. The first-order valence-corrected chi connectivity index (χ1v) is 12.9. The molecular weight excluding hydrogens is 510 g/mol. The number of Topliss-reactive ketones (excluding diaryl/α,β-unsaturated/α-hetero) is 1. The maximum absolute atomic E-state index is 13.3. The van der Waals surface area contributed by atoms with Crippen LogP contribution in [-0.4, -0.2) is 54.0 Å². The van der Waals surface area contributed by atoms with E-state index in [0.717, 1.165) is 16.7 Å². The van der Waals surface area contributed by atoms with Gasteiger partial charge in [0.05, 0.1) is 18.5 Å². The average molecular weight is 546 g/mol. The Kier molecular flexibility index (Phi) is 11.2. The molecule has 0 fully saturated rings. The molecule has 0 saturated carbocycles. The van der Waals surface area contributed by atoms with Crippen molar-refractivity contribution in [3.05, 3.63) is 102 Å². The molecule has 0 bridgehead atoms. The highest BCUT2D eigenvalue weighted by Crippen LogP contribution is 2.30. The minimum atomic E-state index is -1.29. The Morgan fingerprint density at radius 3 is 2.08 bits per heavy atom. The average Bonchev–Trinajstić information content (AvgIpc) is 2.94. The van der Waals surface area contributed by atoms with Crippen molar-refractivity contribution in [3.63, 3.8) is 0 Å². The summed E-state index contributed by atoms with van der Waals surface area (Å²) in [4.78, 5) is 41.5. The van der Waals surface area contributed by atoms with E-state index in [0.29, 0.717) is 18.7 Å². The molecule has 0 aliphatic rings. The summed E-state index contributed by atoms with van der Waals surface area (Å²) in [7, 11) is 0. The van der Waals surface area contributed by atoms with Gasteiger partial charge in [0.15, 0.2) is 18.3 Å². The number of nitrogens with one attached hydrogen (secondary N) is 1. The van der Waals surface area contributed by atoms with E-state index >= 15 is 0 Å². The highest BCUT2D eigenvalue weighted by Gasteiger charge is 2.31. The molecule has 2 unspecified atom stereocenters. The van der Waals surface area contributed by atoms with Crippen molar-refractivity contribution in [1.82, 2.24) is 5.32 Å². The molecule has 8 N–H and O–H groups in total. The summed E-state index contributed by atoms with van der Waals surface area (Å²) in [5, 5.41) is 11.9. The smallest absolute Gasteiger partial charge is 0.305 e. The zero-order valence-corrected chi connectivity index (χ0v) is 22.1. The standard InChI is InChI=1S/C30H35N5O5/c31-25(18-28(37)38)29(39)26(35-27(36)19-40-23-9-5-2-6-10-23)17-24(21-7-3-1-4-8-21)22-13-11-20(12-14-22)15-16-34-30(32)33/h1-14,24-26H,15-19,31H2,(H,35,36)(H,37,38)(H4,32,33,34)/t24?,25-,26?/m0/s1. The molecule has 3 aromatic rings. The number of benzene rings is 3. The van der Waals surface area contributed by atoms with Gasteiger partial charge in [-0.25, -0.2) is 0 Å². The van der Waals surface area contributed by atoms with Crippen LogP contribution in [0, 0.1) is 0 Å². The van der Waals surface area contributed by atoms with Crippen molar-refractivity contribution in [1.29, 1.82) is 0 Å². The summed E-state index contributed by atoms with van der Waals surface area (Å²) >= 11 is 0. The van der Waals surface area contributed by atoms with E-state index in [-0.39, 0.29) is 24.9 Å². The van der Waals surface area contributed by atoms with Gasteiger partial charge in [-0.1, -0.05) is 72.8 Å². The van der Waals surface area contributed by atoms with Gasteiger partial charge < -0.3 is 32.4 Å². The Hall–Kier alpha value is -4.70. The normalized spacial score (nSPS) is 12.9. The van der Waals surface area contributed by atoms with Crippen molar-refractivity contribution in [2.45, 2.75) is 37.3 Å². The fourth-order valence-electron chi connectivity index (χ4n) is 4.31. The summed E-state index contributed by atoms with van der Waals surface area (Å²) in [5.41, 5.74) is 19.6. The Bertz CT molecular complexity index is 1280. The lowest BCUT2D eigenvalue weighted by atomic mass is 9.83. The molecule has 0 radical (unpaired) electrons. The van der Waals surface area contributed by atoms with Gasteiger partial charge >= 0.3 is 5.97 Å². The number of hydrogen-bond donors (Lipinski definition) is 5. The number of amides is 1. The fourth-order valence-corrected chi connectivity index (χ4v) is 4.31. The Morgan fingerprint density at radius 1 is 0.875 bits per heavy atom. The largest absolute Gasteiger partial charge is 0.484 e. The predicted molar refractivity (Wildman–Crippen MR) is 153 cm³/mol. The van der Waals surface area contributed by atoms with E-state index in [1.165, 1.54) is 0 Å². The van der Waals surface area contributed by atoms with Crippen molar-refractivity contribution < 1.29 is 24.2 Å². The molecule has 10 nitrogen and oxygen atoms in total. The number of nitrogens with zero attached hydrogens (tertiary/aromatic N) is 1. The van der Waals surface area contributed by atoms with Crippen LogP contribution in [-0.2, 0) is 20.8 Å². The van der Waals surface area contributed by atoms with Gasteiger partial charge in [-0.05, 0) is 41.7 Å². The lowest BCUT2D eigenvalue weighted by molar-refractivity contribution is -0.139. The maximum atomic E-state index is 13.3. The SMILES string of the molecule is NC(N)=NCCc1ccc(C(CC(NC(=O)COc2ccccc2)C(=O)[C@@H](N)CC(=O)O)c2ccccc2)cc1. The molecule has 3 atom stereocenters. The Balaban J connectivity index is 1.84. The monoisotopic (exact) mass is 545 g/mol. The zero-order chi connectivity index (χ0) is 28.9. The van der Waals surface area contributed by atoms with E-state index in [9.17, 15) is 19.5 Å². The summed E-state index contributed by atoms with van der Waals surface area (Å²) in [6.07, 6.45) is 0.267. The van der Waals surface area contributed by atoms with E-state index in [1.54, 1.807) is 24.3 Å². The summed E-state index contributed by atoms with van der Waals surface area (Å²) in [6, 6.07) is 23.9. The molecule has 0 aliphatic heterocycles. The molecule has 0 heterocycles. The molecule has 1 amide bonds. The number of ether oxygens (including phenoxy) is 1. The summed E-state index contributed by atoms with van der Waals surface area (Å²) < 4.78 is 5.53. The highest BCUT2D eigenvalue weighted by molar-refractivity contribution is 5.94. The molecule has 210 valence electrons. The third-order valence-electron chi connectivity index (χ3n) is 6.30. The quantitative estimate of drug-likeness (QED) is 0.142. The van der Waals surface area contributed by atoms with Crippen LogP contribution < -0.4 is 27.3 Å². The van der Waals surface area contributed by atoms with Crippen LogP contribution in [0.1, 0.15) is 35.4 Å². The number of carboxylic acids is 1. The zero-order valence-electron chi connectivity index (χ0n) is 22.1. The number of rotatable bonds is 15. The molecule has 0 aliphatic carbocycles. The first-order valence-electron chi connectivity index (χ1n) is 12.9. The first-order chi connectivity index (χ1) is 19.2. The van der Waals surface area contributed by atoms with Crippen molar-refractivity contribution in [3.8, 4) is 5.75 Å². The van der Waals surface area contributed by atoms with Gasteiger partial charge in [-0.2, -0.15) is 0 Å². The van der Waals surface area contributed by atoms with Crippen molar-refractivity contribution in [2.24, 2.45) is 22.2 Å². The minimum Gasteiger partial charge on any atom is -0.484 e. The summed E-state index contributed by atoms with van der Waals surface area (Å²) in [6.45, 7) is 0.140. The van der Waals surface area contributed by atoms with Crippen LogP contribution in [0.15, 0.2) is 89.9 Å². The lowest BCUT2D eigenvalue weighted by Gasteiger charge is -2.26. The van der Waals surface area contributed by atoms with Crippen LogP contribution in [0.2, 0.25) is 0 Å². The van der Waals surface area contributed by atoms with E-state index in [1.807, 2.05) is 60.7 Å². The molecular formula is C30H35N5O5. The van der Waals surface area contributed by atoms with Gasteiger partial charge in [0.1, 0.15) is 5.75 Å². The van der Waals surface area contributed by atoms with Crippen LogP contribution in [0.3, 0.4) is 0 Å². The van der Waals surface area contributed by atoms with E-state index in [4.69, 9.17) is 21.9 Å². The number of ketones is 1. The van der Waals surface area contributed by atoms with Crippen LogP contribution in [0.5, 0.6) is 5.75 Å². The molecule has 10 heteroatoms. The lowest BCUT2D eigenvalue weighted by Crippen LogP contribution is -2.50. The Morgan fingerprint density at radius 2 is 1.48 bits per heavy atom. The van der Waals surface area contributed by atoms with Gasteiger partial charge in [-0.3, -0.25) is 19.4 Å². The van der Waals surface area contributed by atoms with Crippen molar-refractivity contribution >= 4 is 23.6 Å². The van der Waals surface area contributed by atoms with Crippen molar-refractivity contribution in [2.75, 3.05) is 13.2 Å². The van der Waals surface area contributed by atoms with Crippen LogP contribution >= 0.6 is 0 Å². The number of aliphatic carboxylic acids is 1. The number of hydrogen-bond acceptors (Lipinski definition) is 6. The van der Waals surface area contributed by atoms with Gasteiger partial charge in [0.25, 0.3) is 5.91 Å². The second kappa shape index (κ2) is 15.0. The number of para-hydroxylation sites is 1. The van der Waals surface area contributed by atoms with E-state index < -0.39 is 36.2 Å². The maximum Gasteiger partial charge on any atom is 0.305 e. The number of carbonyl (C=O) groups is 3. The number of aliphatic imine (C=N–C) groups is 1. The number of guanidine groups is 1. The molecule has 0 spiro atoms.